The highest BCUT2D eigenvalue weighted by Gasteiger charge is 2.20. The van der Waals surface area contributed by atoms with E-state index in [4.69, 9.17) is 4.74 Å². The second-order valence-electron chi connectivity index (χ2n) is 5.75. The summed E-state index contributed by atoms with van der Waals surface area (Å²) in [5.74, 6) is 0. The molecule has 0 radical (unpaired) electrons. The average molecular weight is 252 g/mol. The van der Waals surface area contributed by atoms with Crippen molar-refractivity contribution in [2.75, 3.05) is 0 Å². The molecule has 1 saturated heterocycles. The largest absolute Gasteiger partial charge is 0.375 e. The SMILES string of the molecule is C=CC[C@@H]1CCC[C@@H](CCCCCCCCC)O1. The lowest BCUT2D eigenvalue weighted by atomic mass is 9.98. The van der Waals surface area contributed by atoms with Crippen molar-refractivity contribution in [3.05, 3.63) is 12.7 Å². The highest BCUT2D eigenvalue weighted by molar-refractivity contribution is 4.78. The normalized spacial score (nSPS) is 24.1. The van der Waals surface area contributed by atoms with E-state index >= 15 is 0 Å². The molecule has 0 aromatic carbocycles. The van der Waals surface area contributed by atoms with Gasteiger partial charge in [0.25, 0.3) is 0 Å². The molecule has 0 saturated carbocycles. The Morgan fingerprint density at radius 1 is 1.00 bits per heavy atom. The van der Waals surface area contributed by atoms with Crippen LogP contribution in [0.3, 0.4) is 0 Å². The molecule has 0 aromatic heterocycles. The van der Waals surface area contributed by atoms with E-state index < -0.39 is 0 Å². The minimum absolute atomic E-state index is 0.464. The minimum atomic E-state index is 0.464. The van der Waals surface area contributed by atoms with Gasteiger partial charge in [-0.1, -0.05) is 57.9 Å². The molecule has 1 heterocycles. The fourth-order valence-corrected chi connectivity index (χ4v) is 2.88. The first-order valence-corrected chi connectivity index (χ1v) is 8.13. The third-order valence-corrected chi connectivity index (χ3v) is 4.00. The molecule has 0 aliphatic carbocycles. The standard InChI is InChI=1S/C17H32O/c1-3-5-6-7-8-9-10-13-17-15-11-14-16(18-17)12-4-2/h4,16-17H,2-3,5-15H2,1H3/t16-,17-/m1/s1. The van der Waals surface area contributed by atoms with Gasteiger partial charge in [0.15, 0.2) is 0 Å². The Morgan fingerprint density at radius 2 is 1.67 bits per heavy atom. The molecular formula is C17H32O. The lowest BCUT2D eigenvalue weighted by Gasteiger charge is -2.29. The van der Waals surface area contributed by atoms with Crippen LogP contribution in [-0.2, 0) is 4.74 Å². The summed E-state index contributed by atoms with van der Waals surface area (Å²) in [4.78, 5) is 0. The van der Waals surface area contributed by atoms with Crippen molar-refractivity contribution in [3.63, 3.8) is 0 Å². The maximum Gasteiger partial charge on any atom is 0.0613 e. The van der Waals surface area contributed by atoms with Crippen LogP contribution >= 0.6 is 0 Å². The summed E-state index contributed by atoms with van der Waals surface area (Å²) >= 11 is 0. The van der Waals surface area contributed by atoms with Gasteiger partial charge in [-0.3, -0.25) is 0 Å². The van der Waals surface area contributed by atoms with Gasteiger partial charge in [0.1, 0.15) is 0 Å². The van der Waals surface area contributed by atoms with Crippen molar-refractivity contribution in [1.82, 2.24) is 0 Å². The molecule has 1 rings (SSSR count). The fraction of sp³-hybridized carbons (Fsp3) is 0.882. The van der Waals surface area contributed by atoms with Crippen LogP contribution in [0.1, 0.15) is 84.0 Å². The van der Waals surface area contributed by atoms with Gasteiger partial charge < -0.3 is 4.74 Å². The van der Waals surface area contributed by atoms with Gasteiger partial charge >= 0.3 is 0 Å². The predicted octanol–water partition coefficient (Wildman–Crippen LogP) is 5.64. The van der Waals surface area contributed by atoms with E-state index in [0.29, 0.717) is 12.2 Å². The Balaban J connectivity index is 1.96. The lowest BCUT2D eigenvalue weighted by molar-refractivity contribution is -0.0517. The summed E-state index contributed by atoms with van der Waals surface area (Å²) in [6.07, 6.45) is 19.0. The van der Waals surface area contributed by atoms with E-state index in [2.05, 4.69) is 13.5 Å². The Bertz CT molecular complexity index is 200. The van der Waals surface area contributed by atoms with Crippen molar-refractivity contribution in [1.29, 1.82) is 0 Å². The topological polar surface area (TPSA) is 9.23 Å². The highest BCUT2D eigenvalue weighted by Crippen LogP contribution is 2.25. The molecule has 106 valence electrons. The number of rotatable bonds is 10. The van der Waals surface area contributed by atoms with Gasteiger partial charge in [-0.05, 0) is 32.1 Å². The van der Waals surface area contributed by atoms with Crippen LogP contribution in [0.25, 0.3) is 0 Å². The molecule has 0 amide bonds. The minimum Gasteiger partial charge on any atom is -0.375 e. The first kappa shape index (κ1) is 15.8. The maximum atomic E-state index is 6.10. The molecule has 1 aliphatic rings. The quantitative estimate of drug-likeness (QED) is 0.361. The summed E-state index contributed by atoms with van der Waals surface area (Å²) in [6, 6.07) is 0. The smallest absolute Gasteiger partial charge is 0.0613 e. The van der Waals surface area contributed by atoms with Crippen LogP contribution in [0.15, 0.2) is 12.7 Å². The van der Waals surface area contributed by atoms with E-state index in [1.54, 1.807) is 0 Å². The average Bonchev–Trinajstić information content (AvgIpc) is 2.39. The summed E-state index contributed by atoms with van der Waals surface area (Å²) < 4.78 is 6.10. The van der Waals surface area contributed by atoms with Crippen molar-refractivity contribution in [2.45, 2.75) is 96.2 Å². The van der Waals surface area contributed by atoms with E-state index in [1.807, 2.05) is 6.08 Å². The monoisotopic (exact) mass is 252 g/mol. The number of ether oxygens (including phenoxy) is 1. The maximum absolute atomic E-state index is 6.10. The first-order chi connectivity index (χ1) is 8.86. The molecule has 0 unspecified atom stereocenters. The Hall–Kier alpha value is -0.300. The lowest BCUT2D eigenvalue weighted by Crippen LogP contribution is -2.27. The van der Waals surface area contributed by atoms with Gasteiger partial charge in [-0.25, -0.2) is 0 Å². The van der Waals surface area contributed by atoms with Gasteiger partial charge in [0.2, 0.25) is 0 Å². The summed E-state index contributed by atoms with van der Waals surface area (Å²) in [5.41, 5.74) is 0. The van der Waals surface area contributed by atoms with Crippen LogP contribution in [0.2, 0.25) is 0 Å². The second kappa shape index (κ2) is 10.6. The van der Waals surface area contributed by atoms with Crippen LogP contribution in [0.4, 0.5) is 0 Å². The molecule has 1 fully saturated rings. The molecule has 0 N–H and O–H groups in total. The Kier molecular flexibility index (Phi) is 9.28. The second-order valence-corrected chi connectivity index (χ2v) is 5.75. The van der Waals surface area contributed by atoms with Gasteiger partial charge in [-0.2, -0.15) is 0 Å². The zero-order chi connectivity index (χ0) is 13.1. The van der Waals surface area contributed by atoms with Crippen LogP contribution in [0.5, 0.6) is 0 Å². The van der Waals surface area contributed by atoms with Crippen molar-refractivity contribution >= 4 is 0 Å². The van der Waals surface area contributed by atoms with Crippen molar-refractivity contribution < 1.29 is 4.74 Å². The van der Waals surface area contributed by atoms with Crippen molar-refractivity contribution in [2.24, 2.45) is 0 Å². The van der Waals surface area contributed by atoms with Gasteiger partial charge in [0, 0.05) is 0 Å². The molecule has 18 heavy (non-hydrogen) atoms. The molecule has 0 spiro atoms. The van der Waals surface area contributed by atoms with E-state index in [9.17, 15) is 0 Å². The molecule has 1 aliphatic heterocycles. The van der Waals surface area contributed by atoms with Crippen LogP contribution in [0, 0.1) is 0 Å². The number of unbranched alkanes of at least 4 members (excludes halogenated alkanes) is 6. The van der Waals surface area contributed by atoms with E-state index in [0.717, 1.165) is 6.42 Å². The third kappa shape index (κ3) is 7.20. The summed E-state index contributed by atoms with van der Waals surface area (Å²) in [7, 11) is 0. The molecular weight excluding hydrogens is 220 g/mol. The zero-order valence-electron chi connectivity index (χ0n) is 12.3. The van der Waals surface area contributed by atoms with E-state index in [-0.39, 0.29) is 0 Å². The molecule has 2 atom stereocenters. The van der Waals surface area contributed by atoms with Crippen LogP contribution in [-0.4, -0.2) is 12.2 Å². The van der Waals surface area contributed by atoms with Gasteiger partial charge in [0.05, 0.1) is 12.2 Å². The Labute approximate surface area is 114 Å². The van der Waals surface area contributed by atoms with E-state index in [1.165, 1.54) is 70.6 Å². The fourth-order valence-electron chi connectivity index (χ4n) is 2.88. The first-order valence-electron chi connectivity index (χ1n) is 8.13. The Morgan fingerprint density at radius 3 is 2.39 bits per heavy atom. The van der Waals surface area contributed by atoms with Crippen LogP contribution < -0.4 is 0 Å². The summed E-state index contributed by atoms with van der Waals surface area (Å²) in [5, 5.41) is 0. The third-order valence-electron chi connectivity index (χ3n) is 4.00. The van der Waals surface area contributed by atoms with Gasteiger partial charge in [-0.15, -0.1) is 6.58 Å². The molecule has 1 nitrogen and oxygen atoms in total. The molecule has 0 bridgehead atoms. The zero-order valence-corrected chi connectivity index (χ0v) is 12.3. The summed E-state index contributed by atoms with van der Waals surface area (Å²) in [6.45, 7) is 6.09. The molecule has 0 aromatic rings. The predicted molar refractivity (Wildman–Crippen MR) is 79.9 cm³/mol. The molecule has 1 heteroatoms. The highest BCUT2D eigenvalue weighted by atomic mass is 16.5. The van der Waals surface area contributed by atoms with Crippen molar-refractivity contribution in [3.8, 4) is 0 Å². The number of hydrogen-bond acceptors (Lipinski definition) is 1. The number of hydrogen-bond donors (Lipinski definition) is 0.